The molecule has 0 saturated carbocycles. The molecule has 1 aromatic carbocycles. The molecule has 0 radical (unpaired) electrons. The molecule has 0 aliphatic rings. The first-order chi connectivity index (χ1) is 7.70. The molecule has 4 heteroatoms. The zero-order valence-corrected chi connectivity index (χ0v) is 9.37. The van der Waals surface area contributed by atoms with Crippen molar-refractivity contribution in [2.75, 3.05) is 11.9 Å². The Morgan fingerprint density at radius 2 is 2.25 bits per heavy atom. The predicted octanol–water partition coefficient (Wildman–Crippen LogP) is 2.75. The molecule has 2 rings (SSSR count). The molecule has 0 aliphatic carbocycles. The lowest BCUT2D eigenvalue weighted by Crippen LogP contribution is -2.04. The van der Waals surface area contributed by atoms with Crippen molar-refractivity contribution in [1.82, 2.24) is 9.55 Å². The van der Waals surface area contributed by atoms with E-state index in [1.165, 1.54) is 12.1 Å². The highest BCUT2D eigenvalue weighted by molar-refractivity contribution is 5.43. The lowest BCUT2D eigenvalue weighted by molar-refractivity contribution is 0.626. The van der Waals surface area contributed by atoms with E-state index in [4.69, 9.17) is 0 Å². The van der Waals surface area contributed by atoms with Crippen molar-refractivity contribution in [3.63, 3.8) is 0 Å². The van der Waals surface area contributed by atoms with E-state index in [0.29, 0.717) is 0 Å². The molecule has 0 atom stereocenters. The minimum Gasteiger partial charge on any atom is -0.356 e. The molecule has 0 aliphatic heterocycles. The van der Waals surface area contributed by atoms with Gasteiger partial charge in [0, 0.05) is 12.7 Å². The van der Waals surface area contributed by atoms with Crippen LogP contribution >= 0.6 is 0 Å². The van der Waals surface area contributed by atoms with Crippen LogP contribution in [0.4, 0.5) is 10.3 Å². The molecule has 16 heavy (non-hydrogen) atoms. The van der Waals surface area contributed by atoms with E-state index < -0.39 is 0 Å². The predicted molar refractivity (Wildman–Crippen MR) is 62.4 cm³/mol. The maximum atomic E-state index is 13.1. The topological polar surface area (TPSA) is 29.9 Å². The van der Waals surface area contributed by atoms with Gasteiger partial charge < -0.3 is 5.32 Å². The van der Waals surface area contributed by atoms with E-state index in [0.717, 1.165) is 23.9 Å². The summed E-state index contributed by atoms with van der Waals surface area (Å²) in [6, 6.07) is 6.46. The molecule has 0 spiro atoms. The van der Waals surface area contributed by atoms with Crippen LogP contribution in [-0.4, -0.2) is 16.1 Å². The van der Waals surface area contributed by atoms with E-state index in [-0.39, 0.29) is 5.82 Å². The first-order valence-corrected chi connectivity index (χ1v) is 5.26. The van der Waals surface area contributed by atoms with Crippen molar-refractivity contribution in [1.29, 1.82) is 0 Å². The maximum absolute atomic E-state index is 13.1. The summed E-state index contributed by atoms with van der Waals surface area (Å²) in [7, 11) is 0. The van der Waals surface area contributed by atoms with Crippen LogP contribution in [-0.2, 0) is 0 Å². The van der Waals surface area contributed by atoms with E-state index in [9.17, 15) is 4.39 Å². The number of halogens is 1. The van der Waals surface area contributed by atoms with E-state index in [1.807, 2.05) is 30.7 Å². The van der Waals surface area contributed by atoms with E-state index >= 15 is 0 Å². The van der Waals surface area contributed by atoms with Crippen LogP contribution in [0, 0.1) is 12.7 Å². The summed E-state index contributed by atoms with van der Waals surface area (Å²) in [5.74, 6) is 0.497. The van der Waals surface area contributed by atoms with Crippen molar-refractivity contribution < 1.29 is 4.39 Å². The molecule has 0 fully saturated rings. The Balaban J connectivity index is 2.46. The third kappa shape index (κ3) is 2.05. The monoisotopic (exact) mass is 219 g/mol. The minimum absolute atomic E-state index is 0.244. The third-order valence-corrected chi connectivity index (χ3v) is 2.25. The summed E-state index contributed by atoms with van der Waals surface area (Å²) in [4.78, 5) is 4.34. The van der Waals surface area contributed by atoms with Gasteiger partial charge in [0.1, 0.15) is 5.82 Å². The number of hydrogen-bond acceptors (Lipinski definition) is 2. The van der Waals surface area contributed by atoms with Gasteiger partial charge in [-0.05, 0) is 32.0 Å². The summed E-state index contributed by atoms with van der Waals surface area (Å²) >= 11 is 0. The molecule has 1 heterocycles. The van der Waals surface area contributed by atoms with Crippen LogP contribution in [0.2, 0.25) is 0 Å². The van der Waals surface area contributed by atoms with Crippen LogP contribution in [0.1, 0.15) is 12.6 Å². The van der Waals surface area contributed by atoms with Gasteiger partial charge >= 0.3 is 0 Å². The SMILES string of the molecule is CCNc1nc(C)cn1-c1cccc(F)c1. The second kappa shape index (κ2) is 4.35. The largest absolute Gasteiger partial charge is 0.356 e. The van der Waals surface area contributed by atoms with Crippen LogP contribution in [0.5, 0.6) is 0 Å². The van der Waals surface area contributed by atoms with Crippen molar-refractivity contribution in [2.24, 2.45) is 0 Å². The van der Waals surface area contributed by atoms with Crippen molar-refractivity contribution >= 4 is 5.95 Å². The first kappa shape index (κ1) is 10.7. The highest BCUT2D eigenvalue weighted by Gasteiger charge is 2.06. The number of nitrogens with zero attached hydrogens (tertiary/aromatic N) is 2. The Labute approximate surface area is 93.9 Å². The number of anilines is 1. The molecule has 0 saturated heterocycles. The lowest BCUT2D eigenvalue weighted by atomic mass is 10.3. The normalized spacial score (nSPS) is 10.4. The number of aromatic nitrogens is 2. The smallest absolute Gasteiger partial charge is 0.207 e. The maximum Gasteiger partial charge on any atom is 0.207 e. The fourth-order valence-electron chi connectivity index (χ4n) is 1.60. The zero-order chi connectivity index (χ0) is 11.5. The van der Waals surface area contributed by atoms with Crippen molar-refractivity contribution in [2.45, 2.75) is 13.8 Å². The number of rotatable bonds is 3. The molecule has 1 aromatic heterocycles. The summed E-state index contributed by atoms with van der Waals surface area (Å²) in [5.41, 5.74) is 1.68. The molecular weight excluding hydrogens is 205 g/mol. The van der Waals surface area contributed by atoms with Crippen molar-refractivity contribution in [3.05, 3.63) is 42.0 Å². The molecule has 0 amide bonds. The Kier molecular flexibility index (Phi) is 2.90. The molecule has 0 bridgehead atoms. The quantitative estimate of drug-likeness (QED) is 0.860. The summed E-state index contributed by atoms with van der Waals surface area (Å²) in [6.07, 6.45) is 1.88. The van der Waals surface area contributed by atoms with E-state index in [2.05, 4.69) is 10.3 Å². The second-order valence-corrected chi connectivity index (χ2v) is 3.59. The average molecular weight is 219 g/mol. The summed E-state index contributed by atoms with van der Waals surface area (Å²) in [5, 5.41) is 3.14. The Bertz CT molecular complexity index is 491. The van der Waals surface area contributed by atoms with E-state index in [1.54, 1.807) is 6.07 Å². The Morgan fingerprint density at radius 3 is 2.94 bits per heavy atom. The second-order valence-electron chi connectivity index (χ2n) is 3.59. The lowest BCUT2D eigenvalue weighted by Gasteiger charge is -2.07. The van der Waals surface area contributed by atoms with Gasteiger partial charge in [-0.1, -0.05) is 6.07 Å². The van der Waals surface area contributed by atoms with Crippen LogP contribution in [0.25, 0.3) is 5.69 Å². The van der Waals surface area contributed by atoms with Crippen molar-refractivity contribution in [3.8, 4) is 5.69 Å². The number of benzene rings is 1. The molecule has 84 valence electrons. The Morgan fingerprint density at radius 1 is 1.44 bits per heavy atom. The van der Waals surface area contributed by atoms with Gasteiger partial charge in [0.25, 0.3) is 0 Å². The minimum atomic E-state index is -0.244. The fourth-order valence-corrected chi connectivity index (χ4v) is 1.60. The van der Waals surface area contributed by atoms with Gasteiger partial charge in [-0.15, -0.1) is 0 Å². The molecule has 1 N–H and O–H groups in total. The van der Waals surface area contributed by atoms with Gasteiger partial charge in [0.2, 0.25) is 5.95 Å². The Hall–Kier alpha value is -1.84. The fraction of sp³-hybridized carbons (Fsp3) is 0.250. The van der Waals surface area contributed by atoms with Gasteiger partial charge in [-0.25, -0.2) is 9.37 Å². The van der Waals surface area contributed by atoms with Gasteiger partial charge in [-0.2, -0.15) is 0 Å². The molecule has 2 aromatic rings. The zero-order valence-electron chi connectivity index (χ0n) is 9.37. The number of aryl methyl sites for hydroxylation is 1. The molecule has 0 unspecified atom stereocenters. The van der Waals surface area contributed by atoms with Gasteiger partial charge in [-0.3, -0.25) is 4.57 Å². The number of nitrogens with one attached hydrogen (secondary N) is 1. The van der Waals surface area contributed by atoms with Crippen LogP contribution < -0.4 is 5.32 Å². The third-order valence-electron chi connectivity index (χ3n) is 2.25. The average Bonchev–Trinajstić information content (AvgIpc) is 2.60. The molecular formula is C12H14FN3. The van der Waals surface area contributed by atoms with Gasteiger partial charge in [0.15, 0.2) is 0 Å². The first-order valence-electron chi connectivity index (χ1n) is 5.26. The highest BCUT2D eigenvalue weighted by atomic mass is 19.1. The van der Waals surface area contributed by atoms with Gasteiger partial charge in [0.05, 0.1) is 11.4 Å². The van der Waals surface area contributed by atoms with Crippen LogP contribution in [0.3, 0.4) is 0 Å². The number of hydrogen-bond donors (Lipinski definition) is 1. The molecule has 3 nitrogen and oxygen atoms in total. The standard InChI is InChI=1S/C12H14FN3/c1-3-14-12-15-9(2)8-16(12)11-6-4-5-10(13)7-11/h4-8H,3H2,1-2H3,(H,14,15). The van der Waals surface area contributed by atoms with Crippen LogP contribution in [0.15, 0.2) is 30.5 Å². The summed E-state index contributed by atoms with van der Waals surface area (Å²) < 4.78 is 15.0. The summed E-state index contributed by atoms with van der Waals surface area (Å²) in [6.45, 7) is 4.70. The number of imidazole rings is 1. The highest BCUT2D eigenvalue weighted by Crippen LogP contribution is 2.17.